The van der Waals surface area contributed by atoms with Crippen molar-refractivity contribution in [2.45, 2.75) is 32.5 Å². The monoisotopic (exact) mass is 291 g/mol. The third kappa shape index (κ3) is 3.82. The molecule has 0 bridgehead atoms. The van der Waals surface area contributed by atoms with Crippen LogP contribution in [0.2, 0.25) is 0 Å². The van der Waals surface area contributed by atoms with Gasteiger partial charge in [0.25, 0.3) is 0 Å². The number of carbonyl (C=O) groups is 2. The Kier molecular flexibility index (Phi) is 4.96. The lowest BCUT2D eigenvalue weighted by molar-refractivity contribution is -0.151. The van der Waals surface area contributed by atoms with Crippen molar-refractivity contribution in [2.75, 3.05) is 13.7 Å². The largest absolute Gasteiger partial charge is 0.468 e. The highest BCUT2D eigenvalue weighted by Gasteiger charge is 2.49. The highest BCUT2D eigenvalue weighted by molar-refractivity contribution is 5.83. The van der Waals surface area contributed by atoms with E-state index in [4.69, 9.17) is 9.47 Å². The molecule has 21 heavy (non-hydrogen) atoms. The van der Waals surface area contributed by atoms with Gasteiger partial charge < -0.3 is 9.47 Å². The van der Waals surface area contributed by atoms with Crippen LogP contribution in [-0.4, -0.2) is 42.6 Å². The highest BCUT2D eigenvalue weighted by Crippen LogP contribution is 2.27. The minimum atomic E-state index is -0.405. The predicted molar refractivity (Wildman–Crippen MR) is 77.4 cm³/mol. The number of benzene rings is 1. The van der Waals surface area contributed by atoms with Crippen LogP contribution in [0.25, 0.3) is 0 Å². The molecule has 2 rings (SSSR count). The van der Waals surface area contributed by atoms with Gasteiger partial charge in [0, 0.05) is 6.54 Å². The number of hydrogen-bond acceptors (Lipinski definition) is 5. The fourth-order valence-electron chi connectivity index (χ4n) is 2.41. The molecular weight excluding hydrogens is 270 g/mol. The molecule has 0 saturated carbocycles. The fourth-order valence-corrected chi connectivity index (χ4v) is 2.41. The summed E-state index contributed by atoms with van der Waals surface area (Å²) in [5, 5.41) is 0. The Morgan fingerprint density at radius 2 is 1.95 bits per heavy atom. The fraction of sp³-hybridized carbons (Fsp3) is 0.500. The molecule has 1 aromatic rings. The van der Waals surface area contributed by atoms with E-state index in [1.54, 1.807) is 0 Å². The second-order valence-electron chi connectivity index (χ2n) is 5.52. The molecule has 3 atom stereocenters. The number of nitrogens with zero attached hydrogens (tertiary/aromatic N) is 1. The standard InChI is InChI=1S/C16H21NO4/c1-11(2)14(17-9-13(17)15(18)20-3)16(19)21-10-12-7-5-4-6-8-12/h4-8,11,13-14H,9-10H2,1-3H3/t13?,14-,17?/m0/s1. The van der Waals surface area contributed by atoms with Crippen molar-refractivity contribution in [1.82, 2.24) is 4.90 Å². The molecule has 1 aliphatic rings. The van der Waals surface area contributed by atoms with E-state index in [-0.39, 0.29) is 30.5 Å². The summed E-state index contributed by atoms with van der Waals surface area (Å²) in [5.41, 5.74) is 0.948. The molecular formula is C16H21NO4. The Hall–Kier alpha value is -1.88. The summed E-state index contributed by atoms with van der Waals surface area (Å²) in [6.45, 7) is 4.69. The van der Waals surface area contributed by atoms with Crippen molar-refractivity contribution in [1.29, 1.82) is 0 Å². The Balaban J connectivity index is 1.93. The van der Waals surface area contributed by atoms with Crippen LogP contribution in [0.1, 0.15) is 19.4 Å². The van der Waals surface area contributed by atoms with Crippen LogP contribution in [0.3, 0.4) is 0 Å². The van der Waals surface area contributed by atoms with Crippen LogP contribution in [0, 0.1) is 5.92 Å². The van der Waals surface area contributed by atoms with Gasteiger partial charge in [-0.1, -0.05) is 44.2 Å². The lowest BCUT2D eigenvalue weighted by Crippen LogP contribution is -2.38. The summed E-state index contributed by atoms with van der Waals surface area (Å²) in [6.07, 6.45) is 0. The summed E-state index contributed by atoms with van der Waals surface area (Å²) >= 11 is 0. The van der Waals surface area contributed by atoms with Crippen molar-refractivity contribution >= 4 is 11.9 Å². The van der Waals surface area contributed by atoms with Gasteiger partial charge in [-0.3, -0.25) is 14.5 Å². The third-order valence-corrected chi connectivity index (χ3v) is 3.58. The maximum atomic E-state index is 12.3. The zero-order valence-electron chi connectivity index (χ0n) is 12.6. The zero-order chi connectivity index (χ0) is 15.4. The van der Waals surface area contributed by atoms with Gasteiger partial charge in [0.1, 0.15) is 18.7 Å². The first-order chi connectivity index (χ1) is 10.0. The lowest BCUT2D eigenvalue weighted by Gasteiger charge is -2.21. The molecule has 1 heterocycles. The SMILES string of the molecule is COC(=O)C1CN1[C@H](C(=O)OCc1ccccc1)C(C)C. The number of carbonyl (C=O) groups excluding carboxylic acids is 2. The molecule has 5 heteroatoms. The molecule has 1 aliphatic heterocycles. The van der Waals surface area contributed by atoms with Crippen molar-refractivity contribution in [3.8, 4) is 0 Å². The quantitative estimate of drug-likeness (QED) is 0.589. The summed E-state index contributed by atoms with van der Waals surface area (Å²) < 4.78 is 10.1. The second-order valence-corrected chi connectivity index (χ2v) is 5.52. The molecule has 0 amide bonds. The lowest BCUT2D eigenvalue weighted by atomic mass is 10.0. The van der Waals surface area contributed by atoms with Gasteiger partial charge in [0.05, 0.1) is 7.11 Å². The average molecular weight is 291 g/mol. The van der Waals surface area contributed by atoms with E-state index in [0.29, 0.717) is 6.54 Å². The number of ether oxygens (including phenoxy) is 2. The normalized spacial score (nSPS) is 21.7. The number of esters is 2. The molecule has 1 aromatic carbocycles. The summed E-state index contributed by atoms with van der Waals surface area (Å²) in [6, 6.07) is 8.82. The van der Waals surface area contributed by atoms with E-state index < -0.39 is 6.04 Å². The van der Waals surface area contributed by atoms with Gasteiger partial charge in [-0.2, -0.15) is 0 Å². The van der Waals surface area contributed by atoms with E-state index in [2.05, 4.69) is 0 Å². The predicted octanol–water partition coefficient (Wildman–Crippen LogP) is 1.61. The first kappa shape index (κ1) is 15.5. The van der Waals surface area contributed by atoms with E-state index in [0.717, 1.165) is 5.56 Å². The Morgan fingerprint density at radius 1 is 1.29 bits per heavy atom. The van der Waals surface area contributed by atoms with Crippen LogP contribution in [0.5, 0.6) is 0 Å². The molecule has 0 aromatic heterocycles. The zero-order valence-corrected chi connectivity index (χ0v) is 12.6. The van der Waals surface area contributed by atoms with Crippen LogP contribution < -0.4 is 0 Å². The first-order valence-electron chi connectivity index (χ1n) is 7.08. The van der Waals surface area contributed by atoms with Crippen LogP contribution in [0.15, 0.2) is 30.3 Å². The highest BCUT2D eigenvalue weighted by atomic mass is 16.5. The van der Waals surface area contributed by atoms with Gasteiger partial charge in [0.2, 0.25) is 0 Å². The van der Waals surface area contributed by atoms with Gasteiger partial charge in [-0.15, -0.1) is 0 Å². The third-order valence-electron chi connectivity index (χ3n) is 3.58. The van der Waals surface area contributed by atoms with Crippen molar-refractivity contribution in [2.24, 2.45) is 5.92 Å². The van der Waals surface area contributed by atoms with Crippen LogP contribution in [0.4, 0.5) is 0 Å². The second kappa shape index (κ2) is 6.72. The summed E-state index contributed by atoms with van der Waals surface area (Å²) in [7, 11) is 1.36. The minimum absolute atomic E-state index is 0.0722. The smallest absolute Gasteiger partial charge is 0.324 e. The maximum absolute atomic E-state index is 12.3. The van der Waals surface area contributed by atoms with E-state index in [9.17, 15) is 9.59 Å². The van der Waals surface area contributed by atoms with Gasteiger partial charge >= 0.3 is 11.9 Å². The van der Waals surface area contributed by atoms with E-state index in [1.165, 1.54) is 7.11 Å². The minimum Gasteiger partial charge on any atom is -0.468 e. The van der Waals surface area contributed by atoms with Crippen LogP contribution in [-0.2, 0) is 25.7 Å². The van der Waals surface area contributed by atoms with Crippen molar-refractivity contribution in [3.63, 3.8) is 0 Å². The Bertz CT molecular complexity index is 500. The Labute approximate surface area is 124 Å². The number of methoxy groups -OCH3 is 1. The summed E-state index contributed by atoms with van der Waals surface area (Å²) in [4.78, 5) is 25.6. The van der Waals surface area contributed by atoms with E-state index in [1.807, 2.05) is 49.1 Å². The topological polar surface area (TPSA) is 55.6 Å². The molecule has 0 radical (unpaired) electrons. The average Bonchev–Trinajstić information content (AvgIpc) is 3.25. The maximum Gasteiger partial charge on any atom is 0.324 e. The van der Waals surface area contributed by atoms with Gasteiger partial charge in [0.15, 0.2) is 0 Å². The van der Waals surface area contributed by atoms with Gasteiger partial charge in [-0.05, 0) is 11.5 Å². The van der Waals surface area contributed by atoms with Crippen LogP contribution >= 0.6 is 0 Å². The molecule has 0 N–H and O–H groups in total. The summed E-state index contributed by atoms with van der Waals surface area (Å²) in [5.74, 6) is -0.514. The molecule has 0 aliphatic carbocycles. The first-order valence-corrected chi connectivity index (χ1v) is 7.08. The molecule has 1 fully saturated rings. The molecule has 114 valence electrons. The number of hydrogen-bond donors (Lipinski definition) is 0. The molecule has 2 unspecified atom stereocenters. The van der Waals surface area contributed by atoms with E-state index >= 15 is 0 Å². The molecule has 1 saturated heterocycles. The van der Waals surface area contributed by atoms with Crippen molar-refractivity contribution < 1.29 is 19.1 Å². The van der Waals surface area contributed by atoms with Gasteiger partial charge in [-0.25, -0.2) is 0 Å². The Morgan fingerprint density at radius 3 is 2.52 bits per heavy atom. The number of rotatable bonds is 6. The molecule has 5 nitrogen and oxygen atoms in total. The van der Waals surface area contributed by atoms with Crippen molar-refractivity contribution in [3.05, 3.63) is 35.9 Å². The molecule has 0 spiro atoms.